The minimum Gasteiger partial charge on any atom is -0.385 e. The van der Waals surface area contributed by atoms with Crippen molar-refractivity contribution in [2.24, 2.45) is 0 Å². The zero-order chi connectivity index (χ0) is 20.9. The molecular formula is C24H28ClN3. The van der Waals surface area contributed by atoms with Crippen molar-refractivity contribution >= 4 is 28.5 Å². The zero-order valence-electron chi connectivity index (χ0n) is 17.3. The molecule has 2 rings (SSSR count). The number of hydrogen-bond donors (Lipinski definition) is 1. The topological polar surface area (TPSA) is 39.1 Å². The highest BCUT2D eigenvalue weighted by Crippen LogP contribution is 2.37. The summed E-state index contributed by atoms with van der Waals surface area (Å²) < 4.78 is 0. The van der Waals surface area contributed by atoms with Gasteiger partial charge in [-0.15, -0.1) is 0 Å². The monoisotopic (exact) mass is 393 g/mol. The van der Waals surface area contributed by atoms with Crippen LogP contribution in [0.5, 0.6) is 0 Å². The molecule has 0 aliphatic rings. The number of anilines is 2. The lowest BCUT2D eigenvalue weighted by Crippen LogP contribution is -2.41. The Labute approximate surface area is 173 Å². The van der Waals surface area contributed by atoms with Crippen LogP contribution in [0.25, 0.3) is 5.57 Å². The summed E-state index contributed by atoms with van der Waals surface area (Å²) in [4.78, 5) is 2.16. The van der Waals surface area contributed by atoms with Gasteiger partial charge in [-0.3, -0.25) is 0 Å². The first-order valence-corrected chi connectivity index (χ1v) is 9.78. The molecule has 146 valence electrons. The molecule has 0 unspecified atom stereocenters. The van der Waals surface area contributed by atoms with Crippen molar-refractivity contribution in [2.75, 3.05) is 16.8 Å². The summed E-state index contributed by atoms with van der Waals surface area (Å²) in [5, 5.41) is 13.9. The fourth-order valence-electron chi connectivity index (χ4n) is 3.28. The van der Waals surface area contributed by atoms with Crippen LogP contribution in [0.3, 0.4) is 0 Å². The van der Waals surface area contributed by atoms with E-state index in [2.05, 4.69) is 55.8 Å². The van der Waals surface area contributed by atoms with Crippen LogP contribution in [0.15, 0.2) is 66.4 Å². The number of hydrogen-bond acceptors (Lipinski definition) is 3. The Morgan fingerprint density at radius 1 is 1.14 bits per heavy atom. The Morgan fingerprint density at radius 2 is 1.79 bits per heavy atom. The maximum absolute atomic E-state index is 10.0. The van der Waals surface area contributed by atoms with Crippen LogP contribution in [0, 0.1) is 11.3 Å². The molecule has 0 spiro atoms. The van der Waals surface area contributed by atoms with Crippen molar-refractivity contribution in [3.63, 3.8) is 0 Å². The molecule has 0 fully saturated rings. The van der Waals surface area contributed by atoms with Crippen molar-refractivity contribution in [3.8, 4) is 6.07 Å². The van der Waals surface area contributed by atoms with E-state index < -0.39 is 0 Å². The molecule has 2 aromatic rings. The van der Waals surface area contributed by atoms with E-state index in [-0.39, 0.29) is 5.54 Å². The van der Waals surface area contributed by atoms with Gasteiger partial charge in [0.2, 0.25) is 0 Å². The van der Waals surface area contributed by atoms with Crippen LogP contribution in [0.2, 0.25) is 5.02 Å². The largest absolute Gasteiger partial charge is 0.385 e. The second-order valence-electron chi connectivity index (χ2n) is 7.59. The van der Waals surface area contributed by atoms with Gasteiger partial charge in [-0.25, -0.2) is 0 Å². The average Bonchev–Trinajstić information content (AvgIpc) is 2.64. The van der Waals surface area contributed by atoms with Crippen molar-refractivity contribution in [2.45, 2.75) is 40.2 Å². The molecule has 0 atom stereocenters. The number of rotatable bonds is 6. The first-order chi connectivity index (χ1) is 13.2. The molecule has 0 saturated carbocycles. The summed E-state index contributed by atoms with van der Waals surface area (Å²) in [5.41, 5.74) is 4.48. The van der Waals surface area contributed by atoms with Crippen molar-refractivity contribution in [1.29, 1.82) is 5.26 Å². The molecule has 1 N–H and O–H groups in total. The molecule has 2 aromatic carbocycles. The highest BCUT2D eigenvalue weighted by Gasteiger charge is 2.27. The van der Waals surface area contributed by atoms with Gasteiger partial charge in [0.25, 0.3) is 0 Å². The maximum Gasteiger partial charge on any atom is 0.100 e. The molecule has 4 heteroatoms. The van der Waals surface area contributed by atoms with E-state index in [0.717, 1.165) is 29.2 Å². The van der Waals surface area contributed by atoms with Crippen LogP contribution < -0.4 is 10.2 Å². The molecule has 0 saturated heterocycles. The Bertz CT molecular complexity index is 915. The van der Waals surface area contributed by atoms with Gasteiger partial charge in [-0.05, 0) is 64.5 Å². The van der Waals surface area contributed by atoms with Crippen LogP contribution in [-0.2, 0) is 0 Å². The minimum atomic E-state index is -0.217. The van der Waals surface area contributed by atoms with E-state index in [1.54, 1.807) is 0 Å². The first kappa shape index (κ1) is 21.6. The molecular weight excluding hydrogens is 366 g/mol. The lowest BCUT2D eigenvalue weighted by molar-refractivity contribution is 0.544. The van der Waals surface area contributed by atoms with Gasteiger partial charge < -0.3 is 10.2 Å². The van der Waals surface area contributed by atoms with Crippen molar-refractivity contribution in [1.82, 2.24) is 0 Å². The fraction of sp³-hybridized carbons (Fsp3) is 0.292. The van der Waals surface area contributed by atoms with Crippen LogP contribution in [0.4, 0.5) is 11.4 Å². The van der Waals surface area contributed by atoms with E-state index in [1.165, 1.54) is 0 Å². The second kappa shape index (κ2) is 8.99. The number of nitriles is 1. The molecule has 0 bridgehead atoms. The SMILES string of the molecule is C=C(/C(C)=C(\C#N)c1c(Cl)cccc1NCC)N(c1ccccc1)C(C)(C)C. The molecule has 0 amide bonds. The van der Waals surface area contributed by atoms with Gasteiger partial charge in [-0.1, -0.05) is 42.4 Å². The molecule has 28 heavy (non-hydrogen) atoms. The third-order valence-corrected chi connectivity index (χ3v) is 4.82. The number of halogens is 1. The summed E-state index contributed by atoms with van der Waals surface area (Å²) in [5.74, 6) is 0. The van der Waals surface area contributed by atoms with E-state index in [4.69, 9.17) is 11.6 Å². The number of para-hydroxylation sites is 1. The minimum absolute atomic E-state index is 0.217. The molecule has 0 radical (unpaired) electrons. The standard InChI is InChI=1S/C24H28ClN3/c1-7-27-22-15-11-14-21(25)23(22)20(16-26)17(2)18(3)28(24(4,5)6)19-12-9-8-10-13-19/h8-15,27H,3,7H2,1-2,4-6H3/b20-17+. The van der Waals surface area contributed by atoms with Gasteiger partial charge in [0, 0.05) is 34.7 Å². The van der Waals surface area contributed by atoms with E-state index in [0.29, 0.717) is 16.2 Å². The van der Waals surface area contributed by atoms with Crippen LogP contribution >= 0.6 is 11.6 Å². The molecule has 0 aromatic heterocycles. The first-order valence-electron chi connectivity index (χ1n) is 9.40. The zero-order valence-corrected chi connectivity index (χ0v) is 18.1. The van der Waals surface area contributed by atoms with Crippen molar-refractivity contribution in [3.05, 3.63) is 77.0 Å². The summed E-state index contributed by atoms with van der Waals surface area (Å²) in [6, 6.07) is 18.1. The van der Waals surface area contributed by atoms with E-state index in [9.17, 15) is 5.26 Å². The van der Waals surface area contributed by atoms with Crippen LogP contribution in [0.1, 0.15) is 40.2 Å². The summed E-state index contributed by atoms with van der Waals surface area (Å²) in [7, 11) is 0. The quantitative estimate of drug-likeness (QED) is 0.429. The number of benzene rings is 2. The molecule has 3 nitrogen and oxygen atoms in total. The molecule has 0 heterocycles. The number of nitrogens with zero attached hydrogens (tertiary/aromatic N) is 2. The number of allylic oxidation sites excluding steroid dienone is 2. The van der Waals surface area contributed by atoms with Gasteiger partial charge >= 0.3 is 0 Å². The third-order valence-electron chi connectivity index (χ3n) is 4.51. The predicted octanol–water partition coefficient (Wildman–Crippen LogP) is 6.89. The van der Waals surface area contributed by atoms with Gasteiger partial charge in [0.15, 0.2) is 0 Å². The highest BCUT2D eigenvalue weighted by molar-refractivity contribution is 6.33. The third kappa shape index (κ3) is 4.58. The fourth-order valence-corrected chi connectivity index (χ4v) is 3.55. The molecule has 0 aliphatic heterocycles. The summed E-state index contributed by atoms with van der Waals surface area (Å²) in [6.07, 6.45) is 0. The maximum atomic E-state index is 10.0. The highest BCUT2D eigenvalue weighted by atomic mass is 35.5. The lowest BCUT2D eigenvalue weighted by atomic mass is 9.95. The Balaban J connectivity index is 2.66. The average molecular weight is 394 g/mol. The molecule has 0 aliphatic carbocycles. The summed E-state index contributed by atoms with van der Waals surface area (Å²) in [6.45, 7) is 15.4. The summed E-state index contributed by atoms with van der Waals surface area (Å²) >= 11 is 6.51. The van der Waals surface area contributed by atoms with Gasteiger partial charge in [0.05, 0.1) is 10.6 Å². The Hall–Kier alpha value is -2.70. The Kier molecular flexibility index (Phi) is 6.94. The predicted molar refractivity (Wildman–Crippen MR) is 122 cm³/mol. The normalized spacial score (nSPS) is 12.0. The van der Waals surface area contributed by atoms with Crippen LogP contribution in [-0.4, -0.2) is 12.1 Å². The van der Waals surface area contributed by atoms with Gasteiger partial charge in [-0.2, -0.15) is 5.26 Å². The smallest absolute Gasteiger partial charge is 0.100 e. The van der Waals surface area contributed by atoms with E-state index in [1.807, 2.05) is 50.2 Å². The second-order valence-corrected chi connectivity index (χ2v) is 8.00. The van der Waals surface area contributed by atoms with Crippen molar-refractivity contribution < 1.29 is 0 Å². The van der Waals surface area contributed by atoms with E-state index >= 15 is 0 Å². The number of nitrogens with one attached hydrogen (secondary N) is 1. The van der Waals surface area contributed by atoms with Gasteiger partial charge in [0.1, 0.15) is 6.07 Å². The lowest BCUT2D eigenvalue weighted by Gasteiger charge is -2.39. The Morgan fingerprint density at radius 3 is 2.32 bits per heavy atom.